The molecule has 0 fully saturated rings. The molecule has 1 unspecified atom stereocenters. The van der Waals surface area contributed by atoms with Gasteiger partial charge in [0.2, 0.25) is 5.91 Å². The van der Waals surface area contributed by atoms with Crippen molar-refractivity contribution in [3.63, 3.8) is 0 Å². The van der Waals surface area contributed by atoms with Gasteiger partial charge in [-0.05, 0) is 80.2 Å². The van der Waals surface area contributed by atoms with Crippen LogP contribution in [0.15, 0.2) is 90.0 Å². The highest BCUT2D eigenvalue weighted by Gasteiger charge is 2.18. The lowest BCUT2D eigenvalue weighted by atomic mass is 10.1. The minimum absolute atomic E-state index is 0.0408. The average molecular weight is 514 g/mol. The van der Waals surface area contributed by atoms with Crippen LogP contribution in [0.2, 0.25) is 0 Å². The van der Waals surface area contributed by atoms with Crippen molar-refractivity contribution in [2.45, 2.75) is 19.5 Å². The van der Waals surface area contributed by atoms with Crippen LogP contribution in [0.4, 0.5) is 14.5 Å². The molecule has 9 heteroatoms. The number of nitrogens with one attached hydrogen (secondary N) is 2. The van der Waals surface area contributed by atoms with Gasteiger partial charge in [0, 0.05) is 22.8 Å². The summed E-state index contributed by atoms with van der Waals surface area (Å²) < 4.78 is 30.5. The molecule has 0 saturated heterocycles. The number of likely N-dealkylation sites (N-methyl/N-ethyl adjacent to an activating group) is 1. The summed E-state index contributed by atoms with van der Waals surface area (Å²) in [7, 11) is 1.65. The molecule has 0 aliphatic rings. The number of hydrogen-bond acceptors (Lipinski definition) is 4. The van der Waals surface area contributed by atoms with Crippen LogP contribution in [-0.2, 0) is 11.3 Å². The van der Waals surface area contributed by atoms with E-state index in [4.69, 9.17) is 0 Å². The molecule has 3 aromatic carbocycles. The van der Waals surface area contributed by atoms with Crippen LogP contribution >= 0.6 is 0 Å². The average Bonchev–Trinajstić information content (AvgIpc) is 3.36. The Kier molecular flexibility index (Phi) is 6.85. The maximum Gasteiger partial charge on any atom is 0.277 e. The topological polar surface area (TPSA) is 81.0 Å². The Hall–Kier alpha value is -4.63. The summed E-state index contributed by atoms with van der Waals surface area (Å²) in [6.07, 6.45) is 3.21. The van der Waals surface area contributed by atoms with E-state index in [9.17, 15) is 18.4 Å². The van der Waals surface area contributed by atoms with Gasteiger partial charge in [-0.15, -0.1) is 0 Å². The van der Waals surface area contributed by atoms with Crippen LogP contribution in [0.5, 0.6) is 0 Å². The molecule has 5 rings (SSSR count). The summed E-state index contributed by atoms with van der Waals surface area (Å²) in [5.41, 5.74) is 2.67. The summed E-state index contributed by atoms with van der Waals surface area (Å²) >= 11 is 0. The van der Waals surface area contributed by atoms with E-state index in [1.54, 1.807) is 38.2 Å². The molecular weight excluding hydrogens is 488 g/mol. The lowest BCUT2D eigenvalue weighted by molar-refractivity contribution is -0.117. The smallest absolute Gasteiger partial charge is 0.277 e. The van der Waals surface area contributed by atoms with E-state index in [0.717, 1.165) is 22.2 Å². The molecular formula is C29H25F2N5O2. The molecule has 0 saturated carbocycles. The van der Waals surface area contributed by atoms with Gasteiger partial charge < -0.3 is 15.2 Å². The molecule has 7 nitrogen and oxygen atoms in total. The van der Waals surface area contributed by atoms with Gasteiger partial charge in [0.1, 0.15) is 23.1 Å². The van der Waals surface area contributed by atoms with Gasteiger partial charge >= 0.3 is 0 Å². The highest BCUT2D eigenvalue weighted by atomic mass is 19.1. The van der Waals surface area contributed by atoms with Crippen LogP contribution in [0.1, 0.15) is 12.5 Å². The number of aromatic nitrogens is 3. The standard InChI is InChI=1S/C29H25F2N5O2/c1-18(32-2)28(37)34-25-16-33-27(19-6-8-21(30)9-7-19)36(29(25)38)17-20-4-3-5-26-24(20)14-15-35(26)23-12-10-22(31)11-13-23/h3-16,18,32H,17H2,1-2H3,(H,34,37). The molecule has 2 aromatic heterocycles. The molecule has 5 aromatic rings. The van der Waals surface area contributed by atoms with Crippen molar-refractivity contribution in [1.82, 2.24) is 19.4 Å². The number of fused-ring (bicyclic) bond motifs is 1. The van der Waals surface area contributed by atoms with E-state index in [0.29, 0.717) is 11.4 Å². The van der Waals surface area contributed by atoms with Crippen LogP contribution in [0, 0.1) is 11.6 Å². The SMILES string of the molecule is CNC(C)C(=O)Nc1cnc(-c2ccc(F)cc2)n(Cc2cccc3c2ccn3-c2ccc(F)cc2)c1=O. The zero-order valence-corrected chi connectivity index (χ0v) is 20.8. The third-order valence-corrected chi connectivity index (χ3v) is 6.49. The van der Waals surface area contributed by atoms with Gasteiger partial charge in [0.05, 0.1) is 24.3 Å². The van der Waals surface area contributed by atoms with Crippen molar-refractivity contribution in [1.29, 1.82) is 0 Å². The van der Waals surface area contributed by atoms with Crippen LogP contribution in [-0.4, -0.2) is 33.1 Å². The highest BCUT2D eigenvalue weighted by molar-refractivity contribution is 5.94. The molecule has 2 heterocycles. The van der Waals surface area contributed by atoms with Gasteiger partial charge in [-0.2, -0.15) is 0 Å². The molecule has 1 amide bonds. The second-order valence-corrected chi connectivity index (χ2v) is 8.91. The zero-order chi connectivity index (χ0) is 26.8. The molecule has 192 valence electrons. The summed E-state index contributed by atoms with van der Waals surface area (Å²) in [5.74, 6) is -0.753. The number of carbonyl (C=O) groups excluding carboxylic acids is 1. The Bertz CT molecular complexity index is 1670. The predicted octanol–water partition coefficient (Wildman–Crippen LogP) is 4.73. The Labute approximate surface area is 217 Å². The molecule has 1 atom stereocenters. The Morgan fingerprint density at radius 1 is 0.974 bits per heavy atom. The fourth-order valence-corrected chi connectivity index (χ4v) is 4.29. The number of hydrogen-bond donors (Lipinski definition) is 2. The summed E-state index contributed by atoms with van der Waals surface area (Å²) in [5, 5.41) is 6.39. The van der Waals surface area contributed by atoms with Crippen LogP contribution in [0.3, 0.4) is 0 Å². The van der Waals surface area contributed by atoms with Crippen molar-refractivity contribution in [2.24, 2.45) is 0 Å². The fourth-order valence-electron chi connectivity index (χ4n) is 4.29. The van der Waals surface area contributed by atoms with E-state index in [1.807, 2.05) is 35.0 Å². The monoisotopic (exact) mass is 513 g/mol. The van der Waals surface area contributed by atoms with Crippen molar-refractivity contribution >= 4 is 22.5 Å². The Balaban J connectivity index is 1.61. The van der Waals surface area contributed by atoms with E-state index in [-0.39, 0.29) is 24.0 Å². The van der Waals surface area contributed by atoms with E-state index < -0.39 is 17.4 Å². The summed E-state index contributed by atoms with van der Waals surface area (Å²) in [4.78, 5) is 30.6. The zero-order valence-electron chi connectivity index (χ0n) is 20.8. The Morgan fingerprint density at radius 2 is 1.66 bits per heavy atom. The number of nitrogens with zero attached hydrogens (tertiary/aromatic N) is 3. The number of benzene rings is 3. The van der Waals surface area contributed by atoms with Gasteiger partial charge in [-0.25, -0.2) is 13.8 Å². The summed E-state index contributed by atoms with van der Waals surface area (Å²) in [6, 6.07) is 19.1. The minimum Gasteiger partial charge on any atom is -0.319 e. The van der Waals surface area contributed by atoms with Gasteiger partial charge in [-0.3, -0.25) is 14.2 Å². The first-order valence-corrected chi connectivity index (χ1v) is 12.0. The first-order valence-electron chi connectivity index (χ1n) is 12.0. The lowest BCUT2D eigenvalue weighted by Crippen LogP contribution is -2.38. The van der Waals surface area contributed by atoms with E-state index in [1.165, 1.54) is 35.0 Å². The first-order chi connectivity index (χ1) is 18.4. The van der Waals surface area contributed by atoms with Gasteiger partial charge in [0.15, 0.2) is 0 Å². The number of halogens is 2. The largest absolute Gasteiger partial charge is 0.319 e. The molecule has 2 N–H and O–H groups in total. The summed E-state index contributed by atoms with van der Waals surface area (Å²) in [6.45, 7) is 1.83. The van der Waals surface area contributed by atoms with E-state index in [2.05, 4.69) is 15.6 Å². The number of anilines is 1. The lowest BCUT2D eigenvalue weighted by Gasteiger charge is -2.16. The molecule has 0 radical (unpaired) electrons. The third-order valence-electron chi connectivity index (χ3n) is 6.49. The second kappa shape index (κ2) is 10.4. The first kappa shape index (κ1) is 25.0. The third kappa shape index (κ3) is 4.83. The predicted molar refractivity (Wildman–Crippen MR) is 143 cm³/mol. The highest BCUT2D eigenvalue weighted by Crippen LogP contribution is 2.26. The molecule has 0 aliphatic heterocycles. The molecule has 0 aliphatic carbocycles. The van der Waals surface area contributed by atoms with Gasteiger partial charge in [0.25, 0.3) is 5.56 Å². The minimum atomic E-state index is -0.514. The van der Waals surface area contributed by atoms with Gasteiger partial charge in [-0.1, -0.05) is 12.1 Å². The number of carbonyl (C=O) groups is 1. The maximum absolute atomic E-state index is 13.6. The number of amides is 1. The quantitative estimate of drug-likeness (QED) is 0.330. The number of rotatable bonds is 7. The molecule has 0 bridgehead atoms. The van der Waals surface area contributed by atoms with E-state index >= 15 is 0 Å². The van der Waals surface area contributed by atoms with Crippen molar-refractivity contribution in [3.8, 4) is 17.1 Å². The van der Waals surface area contributed by atoms with Crippen LogP contribution < -0.4 is 16.2 Å². The Morgan fingerprint density at radius 3 is 2.34 bits per heavy atom. The molecule has 0 spiro atoms. The molecule has 38 heavy (non-hydrogen) atoms. The normalized spacial score (nSPS) is 12.0. The van der Waals surface area contributed by atoms with Crippen molar-refractivity contribution < 1.29 is 13.6 Å². The van der Waals surface area contributed by atoms with Crippen LogP contribution in [0.25, 0.3) is 28.0 Å². The van der Waals surface area contributed by atoms with Crippen molar-refractivity contribution in [3.05, 3.63) is 113 Å². The second-order valence-electron chi connectivity index (χ2n) is 8.91. The van der Waals surface area contributed by atoms with Crippen molar-refractivity contribution in [2.75, 3.05) is 12.4 Å². The fraction of sp³-hybridized carbons (Fsp3) is 0.138. The maximum atomic E-state index is 13.6.